The van der Waals surface area contributed by atoms with Crippen molar-refractivity contribution >= 4 is 29.0 Å². The first-order valence-electron chi connectivity index (χ1n) is 6.81. The Labute approximate surface area is 129 Å². The van der Waals surface area contributed by atoms with Gasteiger partial charge >= 0.3 is 0 Å². The van der Waals surface area contributed by atoms with E-state index in [9.17, 15) is 0 Å². The maximum Gasteiger partial charge on any atom is 0.129 e. The van der Waals surface area contributed by atoms with E-state index < -0.39 is 0 Å². The number of nitrogens with two attached hydrogens (primary N) is 1. The van der Waals surface area contributed by atoms with Crippen LogP contribution in [0.15, 0.2) is 18.2 Å². The van der Waals surface area contributed by atoms with Crippen LogP contribution in [0.5, 0.6) is 0 Å². The van der Waals surface area contributed by atoms with Crippen molar-refractivity contribution in [2.45, 2.75) is 32.6 Å². The molecule has 3 nitrogen and oxygen atoms in total. The summed E-state index contributed by atoms with van der Waals surface area (Å²) in [4.78, 5) is 0. The zero-order valence-electron chi connectivity index (χ0n) is 11.8. The van der Waals surface area contributed by atoms with E-state index in [4.69, 9.17) is 28.9 Å². The number of benzene rings is 1. The van der Waals surface area contributed by atoms with E-state index >= 15 is 0 Å². The number of aromatic nitrogens is 2. The summed E-state index contributed by atoms with van der Waals surface area (Å²) >= 11 is 12.1. The van der Waals surface area contributed by atoms with Crippen molar-refractivity contribution in [3.63, 3.8) is 0 Å². The molecule has 0 saturated carbocycles. The Balaban J connectivity index is 2.40. The molecule has 1 aromatic heterocycles. The Morgan fingerprint density at radius 3 is 2.60 bits per heavy atom. The van der Waals surface area contributed by atoms with E-state index in [0.29, 0.717) is 15.9 Å². The maximum absolute atomic E-state index is 6.15. The van der Waals surface area contributed by atoms with Crippen LogP contribution in [0, 0.1) is 0 Å². The predicted octanol–water partition coefficient (Wildman–Crippen LogP) is 4.71. The van der Waals surface area contributed by atoms with Crippen molar-refractivity contribution in [1.82, 2.24) is 9.78 Å². The smallest absolute Gasteiger partial charge is 0.129 e. The standard InChI is InChI=1S/C15H19Cl2N3/c1-3-4-5-6-13-14(15(18)20(2)19-13)10-7-8-11(16)12(17)9-10/h7-9H,3-6,18H2,1-2H3. The van der Waals surface area contributed by atoms with Gasteiger partial charge in [0, 0.05) is 12.6 Å². The molecule has 2 aromatic rings. The molecule has 0 amide bonds. The molecule has 0 atom stereocenters. The highest BCUT2D eigenvalue weighted by molar-refractivity contribution is 6.42. The normalized spacial score (nSPS) is 11.0. The van der Waals surface area contributed by atoms with Gasteiger partial charge in [-0.15, -0.1) is 0 Å². The molecule has 0 bridgehead atoms. The van der Waals surface area contributed by atoms with Crippen LogP contribution in [-0.2, 0) is 13.5 Å². The van der Waals surface area contributed by atoms with Crippen molar-refractivity contribution in [2.75, 3.05) is 5.73 Å². The average Bonchev–Trinajstić information content (AvgIpc) is 2.69. The Morgan fingerprint density at radius 1 is 1.20 bits per heavy atom. The highest BCUT2D eigenvalue weighted by Crippen LogP contribution is 2.34. The number of nitrogens with zero attached hydrogens (tertiary/aromatic N) is 2. The monoisotopic (exact) mass is 311 g/mol. The maximum atomic E-state index is 6.15. The summed E-state index contributed by atoms with van der Waals surface area (Å²) in [5, 5.41) is 5.61. The Hall–Kier alpha value is -1.19. The molecule has 0 spiro atoms. The van der Waals surface area contributed by atoms with Gasteiger partial charge in [-0.25, -0.2) is 0 Å². The molecule has 2 rings (SSSR count). The molecule has 0 unspecified atom stereocenters. The van der Waals surface area contributed by atoms with E-state index in [1.165, 1.54) is 12.8 Å². The Morgan fingerprint density at radius 2 is 1.95 bits per heavy atom. The number of rotatable bonds is 5. The number of unbranched alkanes of at least 4 members (excludes halogenated alkanes) is 2. The third-order valence-electron chi connectivity index (χ3n) is 3.39. The first-order chi connectivity index (χ1) is 9.54. The molecule has 1 aromatic carbocycles. The molecule has 5 heteroatoms. The Kier molecular flexibility index (Phi) is 4.95. The van der Waals surface area contributed by atoms with Crippen molar-refractivity contribution in [1.29, 1.82) is 0 Å². The van der Waals surface area contributed by atoms with Crippen LogP contribution < -0.4 is 5.73 Å². The first kappa shape index (κ1) is 15.2. The second-order valence-electron chi connectivity index (χ2n) is 4.92. The highest BCUT2D eigenvalue weighted by Gasteiger charge is 2.16. The van der Waals surface area contributed by atoms with Crippen LogP contribution in [0.1, 0.15) is 31.9 Å². The average molecular weight is 312 g/mol. The third kappa shape index (κ3) is 3.10. The lowest BCUT2D eigenvalue weighted by Gasteiger charge is -2.06. The summed E-state index contributed by atoms with van der Waals surface area (Å²) in [5.41, 5.74) is 9.12. The van der Waals surface area contributed by atoms with Gasteiger partial charge in [-0.05, 0) is 30.5 Å². The van der Waals surface area contributed by atoms with Gasteiger partial charge < -0.3 is 5.73 Å². The summed E-state index contributed by atoms with van der Waals surface area (Å²) in [6.07, 6.45) is 4.41. The van der Waals surface area contributed by atoms with E-state index in [1.807, 2.05) is 19.2 Å². The molecule has 0 saturated heterocycles. The summed E-state index contributed by atoms with van der Waals surface area (Å²) < 4.78 is 1.72. The number of nitrogen functional groups attached to an aromatic ring is 1. The predicted molar refractivity (Wildman–Crippen MR) is 86.3 cm³/mol. The van der Waals surface area contributed by atoms with E-state index in [1.54, 1.807) is 10.7 Å². The second-order valence-corrected chi connectivity index (χ2v) is 5.73. The number of hydrogen-bond donors (Lipinski definition) is 1. The molecule has 108 valence electrons. The molecule has 2 N–H and O–H groups in total. The van der Waals surface area contributed by atoms with Crippen LogP contribution in [0.2, 0.25) is 10.0 Å². The Bertz CT molecular complexity index is 605. The van der Waals surface area contributed by atoms with Gasteiger partial charge in [-0.1, -0.05) is 49.0 Å². The van der Waals surface area contributed by atoms with Gasteiger partial charge in [-0.2, -0.15) is 5.10 Å². The summed E-state index contributed by atoms with van der Waals surface area (Å²) in [5.74, 6) is 0.662. The van der Waals surface area contributed by atoms with Gasteiger partial charge in [0.25, 0.3) is 0 Å². The molecular formula is C15H19Cl2N3. The lowest BCUT2D eigenvalue weighted by molar-refractivity contribution is 0.685. The van der Waals surface area contributed by atoms with E-state index in [2.05, 4.69) is 12.0 Å². The summed E-state index contributed by atoms with van der Waals surface area (Å²) in [7, 11) is 1.86. The zero-order valence-corrected chi connectivity index (χ0v) is 13.3. The zero-order chi connectivity index (χ0) is 14.7. The van der Waals surface area contributed by atoms with Gasteiger partial charge in [0.2, 0.25) is 0 Å². The fourth-order valence-electron chi connectivity index (χ4n) is 2.28. The SMILES string of the molecule is CCCCCc1nn(C)c(N)c1-c1ccc(Cl)c(Cl)c1. The number of aryl methyl sites for hydroxylation is 2. The molecular weight excluding hydrogens is 293 g/mol. The minimum Gasteiger partial charge on any atom is -0.383 e. The molecule has 0 radical (unpaired) electrons. The molecule has 1 heterocycles. The second kappa shape index (κ2) is 6.51. The largest absolute Gasteiger partial charge is 0.383 e. The van der Waals surface area contributed by atoms with Crippen LogP contribution in [0.25, 0.3) is 11.1 Å². The van der Waals surface area contributed by atoms with Crippen molar-refractivity contribution < 1.29 is 0 Å². The minimum absolute atomic E-state index is 0.534. The molecule has 0 aliphatic rings. The quantitative estimate of drug-likeness (QED) is 0.813. The van der Waals surface area contributed by atoms with Crippen molar-refractivity contribution in [2.24, 2.45) is 7.05 Å². The van der Waals surface area contributed by atoms with Crippen LogP contribution in [0.4, 0.5) is 5.82 Å². The summed E-state index contributed by atoms with van der Waals surface area (Å²) in [6.45, 7) is 2.19. The van der Waals surface area contributed by atoms with Crippen molar-refractivity contribution in [3.05, 3.63) is 33.9 Å². The molecule has 0 aliphatic carbocycles. The molecule has 0 fully saturated rings. The lowest BCUT2D eigenvalue weighted by atomic mass is 10.0. The molecule has 0 aliphatic heterocycles. The van der Waals surface area contributed by atoms with Gasteiger partial charge in [0.05, 0.1) is 15.7 Å². The van der Waals surface area contributed by atoms with Crippen LogP contribution in [0.3, 0.4) is 0 Å². The number of hydrogen-bond acceptors (Lipinski definition) is 2. The molecule has 20 heavy (non-hydrogen) atoms. The van der Waals surface area contributed by atoms with Crippen LogP contribution in [-0.4, -0.2) is 9.78 Å². The fourth-order valence-corrected chi connectivity index (χ4v) is 2.58. The number of anilines is 1. The van der Waals surface area contributed by atoms with Crippen LogP contribution >= 0.6 is 23.2 Å². The first-order valence-corrected chi connectivity index (χ1v) is 7.57. The number of halogens is 2. The lowest BCUT2D eigenvalue weighted by Crippen LogP contribution is -1.98. The fraction of sp³-hybridized carbons (Fsp3) is 0.400. The minimum atomic E-state index is 0.534. The summed E-state index contributed by atoms with van der Waals surface area (Å²) in [6, 6.07) is 5.58. The van der Waals surface area contributed by atoms with E-state index in [-0.39, 0.29) is 0 Å². The van der Waals surface area contributed by atoms with Gasteiger partial charge in [-0.3, -0.25) is 4.68 Å². The van der Waals surface area contributed by atoms with Gasteiger partial charge in [0.1, 0.15) is 5.82 Å². The van der Waals surface area contributed by atoms with Crippen molar-refractivity contribution in [3.8, 4) is 11.1 Å². The third-order valence-corrected chi connectivity index (χ3v) is 4.13. The topological polar surface area (TPSA) is 43.8 Å². The highest BCUT2D eigenvalue weighted by atomic mass is 35.5. The van der Waals surface area contributed by atoms with E-state index in [0.717, 1.165) is 29.7 Å². The van der Waals surface area contributed by atoms with Gasteiger partial charge in [0.15, 0.2) is 0 Å².